The summed E-state index contributed by atoms with van der Waals surface area (Å²) in [6.07, 6.45) is 1.93. The standard InChI is InChI=1S/C13H26N2O2S/c1-4-14-12-5-7-15(9-11(12)2)13(3)6-8-18(16,17)10-13/h11-12,14H,4-10H2,1-3H3. The quantitative estimate of drug-likeness (QED) is 0.830. The Kier molecular flexibility index (Phi) is 4.04. The van der Waals surface area contributed by atoms with E-state index >= 15 is 0 Å². The predicted molar refractivity (Wildman–Crippen MR) is 74.5 cm³/mol. The molecule has 18 heavy (non-hydrogen) atoms. The zero-order valence-electron chi connectivity index (χ0n) is 11.8. The summed E-state index contributed by atoms with van der Waals surface area (Å²) < 4.78 is 23.4. The SMILES string of the molecule is CCNC1CCN(C2(C)CCS(=O)(=O)C2)CC1C. The third-order valence-corrected chi connectivity index (χ3v) is 6.51. The molecule has 0 aromatic heterocycles. The summed E-state index contributed by atoms with van der Waals surface area (Å²) >= 11 is 0. The predicted octanol–water partition coefficient (Wildman–Crippen LogP) is 0.884. The molecule has 0 saturated carbocycles. The van der Waals surface area contributed by atoms with E-state index in [0.29, 0.717) is 23.5 Å². The van der Waals surface area contributed by atoms with Gasteiger partial charge in [0.2, 0.25) is 0 Å². The summed E-state index contributed by atoms with van der Waals surface area (Å²) in [5, 5.41) is 3.53. The van der Waals surface area contributed by atoms with Gasteiger partial charge in [0, 0.05) is 24.7 Å². The van der Waals surface area contributed by atoms with Gasteiger partial charge in [0.15, 0.2) is 9.84 Å². The Morgan fingerprint density at radius 1 is 1.44 bits per heavy atom. The molecule has 0 bridgehead atoms. The number of likely N-dealkylation sites (tertiary alicyclic amines) is 1. The molecule has 2 fully saturated rings. The van der Waals surface area contributed by atoms with E-state index in [0.717, 1.165) is 32.5 Å². The van der Waals surface area contributed by atoms with Crippen molar-refractivity contribution < 1.29 is 8.42 Å². The number of nitrogens with zero attached hydrogens (tertiary/aromatic N) is 1. The van der Waals surface area contributed by atoms with Crippen LogP contribution >= 0.6 is 0 Å². The molecule has 0 aromatic rings. The Labute approximate surface area is 111 Å². The van der Waals surface area contributed by atoms with E-state index in [1.165, 1.54) is 0 Å². The van der Waals surface area contributed by atoms with Crippen LogP contribution in [0.4, 0.5) is 0 Å². The van der Waals surface area contributed by atoms with Gasteiger partial charge in [-0.3, -0.25) is 4.90 Å². The first-order valence-corrected chi connectivity index (χ1v) is 8.87. The van der Waals surface area contributed by atoms with Crippen molar-refractivity contribution in [2.75, 3.05) is 31.1 Å². The molecule has 4 nitrogen and oxygen atoms in total. The second kappa shape index (κ2) is 5.10. The van der Waals surface area contributed by atoms with E-state index in [-0.39, 0.29) is 5.54 Å². The maximum Gasteiger partial charge on any atom is 0.152 e. The molecule has 2 saturated heterocycles. The molecule has 3 atom stereocenters. The molecule has 3 unspecified atom stereocenters. The normalized spacial score (nSPS) is 41.1. The maximum absolute atomic E-state index is 11.7. The van der Waals surface area contributed by atoms with Gasteiger partial charge in [-0.15, -0.1) is 0 Å². The van der Waals surface area contributed by atoms with Gasteiger partial charge in [0.1, 0.15) is 0 Å². The first kappa shape index (κ1) is 14.3. The Balaban J connectivity index is 2.00. The second-order valence-electron chi connectivity index (χ2n) is 6.22. The van der Waals surface area contributed by atoms with Gasteiger partial charge in [0.25, 0.3) is 0 Å². The molecule has 0 amide bonds. The summed E-state index contributed by atoms with van der Waals surface area (Å²) in [6.45, 7) is 9.59. The van der Waals surface area contributed by atoms with E-state index in [4.69, 9.17) is 0 Å². The number of hydrogen-bond donors (Lipinski definition) is 1. The molecule has 0 radical (unpaired) electrons. The molecule has 2 aliphatic heterocycles. The van der Waals surface area contributed by atoms with E-state index in [2.05, 4.69) is 31.0 Å². The van der Waals surface area contributed by atoms with Crippen LogP contribution in [0.15, 0.2) is 0 Å². The molecule has 2 rings (SSSR count). The largest absolute Gasteiger partial charge is 0.314 e. The van der Waals surface area contributed by atoms with Gasteiger partial charge < -0.3 is 5.32 Å². The zero-order chi connectivity index (χ0) is 13.4. The first-order valence-electron chi connectivity index (χ1n) is 7.05. The van der Waals surface area contributed by atoms with Crippen LogP contribution in [0.3, 0.4) is 0 Å². The number of rotatable bonds is 3. The Hall–Kier alpha value is -0.130. The lowest BCUT2D eigenvalue weighted by atomic mass is 9.88. The van der Waals surface area contributed by atoms with E-state index in [9.17, 15) is 8.42 Å². The maximum atomic E-state index is 11.7. The third-order valence-electron chi connectivity index (χ3n) is 4.62. The van der Waals surface area contributed by atoms with Crippen LogP contribution in [-0.2, 0) is 9.84 Å². The molecule has 0 aliphatic carbocycles. The summed E-state index contributed by atoms with van der Waals surface area (Å²) in [7, 11) is -2.80. The van der Waals surface area contributed by atoms with Crippen molar-refractivity contribution in [2.24, 2.45) is 5.92 Å². The number of sulfone groups is 1. The molecular weight excluding hydrogens is 248 g/mol. The van der Waals surface area contributed by atoms with Gasteiger partial charge in [-0.1, -0.05) is 13.8 Å². The van der Waals surface area contributed by atoms with Crippen LogP contribution in [0.25, 0.3) is 0 Å². The van der Waals surface area contributed by atoms with Gasteiger partial charge in [-0.2, -0.15) is 0 Å². The van der Waals surface area contributed by atoms with Crippen molar-refractivity contribution in [3.8, 4) is 0 Å². The third kappa shape index (κ3) is 2.89. The Bertz CT molecular complexity index is 396. The lowest BCUT2D eigenvalue weighted by Crippen LogP contribution is -2.56. The van der Waals surface area contributed by atoms with Crippen LogP contribution in [0.1, 0.15) is 33.6 Å². The van der Waals surface area contributed by atoms with Gasteiger partial charge >= 0.3 is 0 Å². The van der Waals surface area contributed by atoms with E-state index in [1.54, 1.807) is 0 Å². The van der Waals surface area contributed by atoms with Crippen molar-refractivity contribution in [3.05, 3.63) is 0 Å². The topological polar surface area (TPSA) is 49.4 Å². The minimum Gasteiger partial charge on any atom is -0.314 e. The molecule has 5 heteroatoms. The van der Waals surface area contributed by atoms with Crippen LogP contribution in [0, 0.1) is 5.92 Å². The highest BCUT2D eigenvalue weighted by Gasteiger charge is 2.44. The Morgan fingerprint density at radius 2 is 2.17 bits per heavy atom. The highest BCUT2D eigenvalue weighted by Crippen LogP contribution is 2.33. The fraction of sp³-hybridized carbons (Fsp3) is 1.00. The summed E-state index contributed by atoms with van der Waals surface area (Å²) in [5.74, 6) is 1.31. The minimum absolute atomic E-state index is 0.121. The average molecular weight is 274 g/mol. The second-order valence-corrected chi connectivity index (χ2v) is 8.40. The monoisotopic (exact) mass is 274 g/mol. The van der Waals surface area contributed by atoms with Crippen LogP contribution in [0.5, 0.6) is 0 Å². The number of hydrogen-bond acceptors (Lipinski definition) is 4. The minimum atomic E-state index is -2.80. The summed E-state index contributed by atoms with van der Waals surface area (Å²) in [6, 6.07) is 0.591. The summed E-state index contributed by atoms with van der Waals surface area (Å²) in [5.41, 5.74) is -0.121. The van der Waals surface area contributed by atoms with Crippen molar-refractivity contribution >= 4 is 9.84 Å². The average Bonchev–Trinajstić information content (AvgIpc) is 2.57. The van der Waals surface area contributed by atoms with Crippen molar-refractivity contribution in [1.29, 1.82) is 0 Å². The highest BCUT2D eigenvalue weighted by atomic mass is 32.2. The number of piperidine rings is 1. The van der Waals surface area contributed by atoms with Gasteiger partial charge in [-0.25, -0.2) is 8.42 Å². The highest BCUT2D eigenvalue weighted by molar-refractivity contribution is 7.91. The van der Waals surface area contributed by atoms with Crippen LogP contribution < -0.4 is 5.32 Å². The van der Waals surface area contributed by atoms with Crippen LogP contribution in [-0.4, -0.2) is 56.0 Å². The molecule has 106 valence electrons. The van der Waals surface area contributed by atoms with Crippen LogP contribution in [0.2, 0.25) is 0 Å². The van der Waals surface area contributed by atoms with Gasteiger partial charge in [-0.05, 0) is 32.2 Å². The fourth-order valence-electron chi connectivity index (χ4n) is 3.44. The van der Waals surface area contributed by atoms with Crippen molar-refractivity contribution in [1.82, 2.24) is 10.2 Å². The molecule has 0 aromatic carbocycles. The molecule has 2 heterocycles. The lowest BCUT2D eigenvalue weighted by Gasteiger charge is -2.45. The first-order chi connectivity index (χ1) is 8.36. The van der Waals surface area contributed by atoms with E-state index < -0.39 is 9.84 Å². The molecule has 1 N–H and O–H groups in total. The lowest BCUT2D eigenvalue weighted by molar-refractivity contribution is 0.0590. The summed E-state index contributed by atoms with van der Waals surface area (Å²) in [4.78, 5) is 2.41. The molecular formula is C13H26N2O2S. The molecule has 0 spiro atoms. The van der Waals surface area contributed by atoms with Gasteiger partial charge in [0.05, 0.1) is 11.5 Å². The van der Waals surface area contributed by atoms with Crippen molar-refractivity contribution in [2.45, 2.75) is 45.2 Å². The molecule has 2 aliphatic rings. The number of nitrogens with one attached hydrogen (secondary N) is 1. The fourth-order valence-corrected chi connectivity index (χ4v) is 5.61. The smallest absolute Gasteiger partial charge is 0.152 e. The zero-order valence-corrected chi connectivity index (χ0v) is 12.6. The Morgan fingerprint density at radius 3 is 2.67 bits per heavy atom. The van der Waals surface area contributed by atoms with E-state index in [1.807, 2.05) is 0 Å². The van der Waals surface area contributed by atoms with Crippen molar-refractivity contribution in [3.63, 3.8) is 0 Å².